The third-order valence-corrected chi connectivity index (χ3v) is 3.25. The third kappa shape index (κ3) is 3.87. The van der Waals surface area contributed by atoms with Crippen molar-refractivity contribution in [1.82, 2.24) is 25.5 Å². The first-order valence-electron chi connectivity index (χ1n) is 7.13. The molecule has 0 unspecified atom stereocenters. The number of nitrogens with one attached hydrogen (secondary N) is 1. The van der Waals surface area contributed by atoms with Crippen molar-refractivity contribution in [2.75, 3.05) is 0 Å². The Morgan fingerprint density at radius 1 is 1.10 bits per heavy atom. The number of aromatic nitrogens is 4. The Morgan fingerprint density at radius 3 is 2.40 bits per heavy atom. The van der Waals surface area contributed by atoms with E-state index in [1.807, 2.05) is 4.68 Å². The van der Waals surface area contributed by atoms with Crippen molar-refractivity contribution < 1.29 is 0 Å². The molecule has 2 rings (SSSR count). The van der Waals surface area contributed by atoms with Crippen LogP contribution in [-0.4, -0.2) is 26.2 Å². The second kappa shape index (κ2) is 6.61. The fourth-order valence-electron chi connectivity index (χ4n) is 1.95. The summed E-state index contributed by atoms with van der Waals surface area (Å²) < 4.78 is 1.85. The minimum absolute atomic E-state index is 0.422. The number of rotatable bonds is 6. The van der Waals surface area contributed by atoms with Crippen molar-refractivity contribution in [3.05, 3.63) is 41.2 Å². The van der Waals surface area contributed by atoms with Gasteiger partial charge in [-0.25, -0.2) is 4.68 Å². The summed E-state index contributed by atoms with van der Waals surface area (Å²) in [4.78, 5) is 0. The topological polar surface area (TPSA) is 55.6 Å². The largest absolute Gasteiger partial charge is 0.308 e. The predicted molar refractivity (Wildman–Crippen MR) is 79.4 cm³/mol. The highest BCUT2D eigenvalue weighted by Crippen LogP contribution is 2.15. The molecule has 1 aromatic carbocycles. The summed E-state index contributed by atoms with van der Waals surface area (Å²) in [7, 11) is 0. The molecule has 0 atom stereocenters. The molecule has 1 N–H and O–H groups in total. The van der Waals surface area contributed by atoms with Gasteiger partial charge in [0.25, 0.3) is 0 Å². The van der Waals surface area contributed by atoms with Crippen molar-refractivity contribution in [3.63, 3.8) is 0 Å². The van der Waals surface area contributed by atoms with Crippen molar-refractivity contribution >= 4 is 0 Å². The number of benzene rings is 1. The van der Waals surface area contributed by atoms with Crippen LogP contribution in [-0.2, 0) is 13.1 Å². The van der Waals surface area contributed by atoms with Gasteiger partial charge in [-0.2, -0.15) is 0 Å². The monoisotopic (exact) mass is 273 g/mol. The molecule has 0 radical (unpaired) electrons. The highest BCUT2D eigenvalue weighted by atomic mass is 15.5. The van der Waals surface area contributed by atoms with Gasteiger partial charge in [-0.05, 0) is 27.5 Å². The maximum atomic E-state index is 4.07. The maximum absolute atomic E-state index is 4.07. The standard InChI is InChI=1S/C15H23N5/c1-11(2)14-7-5-13(6-8-14)10-20-15(17-18-19-20)9-16-12(3)4/h5-8,11-12,16H,9-10H2,1-4H3. The summed E-state index contributed by atoms with van der Waals surface area (Å²) >= 11 is 0. The first kappa shape index (κ1) is 14.7. The molecule has 2 aromatic rings. The van der Waals surface area contributed by atoms with Gasteiger partial charge in [-0.3, -0.25) is 0 Å². The summed E-state index contributed by atoms with van der Waals surface area (Å²) in [5.41, 5.74) is 2.57. The maximum Gasteiger partial charge on any atom is 0.165 e. The molecule has 0 saturated carbocycles. The average molecular weight is 273 g/mol. The van der Waals surface area contributed by atoms with Crippen LogP contribution >= 0.6 is 0 Å². The van der Waals surface area contributed by atoms with Gasteiger partial charge in [0.15, 0.2) is 5.82 Å². The van der Waals surface area contributed by atoms with Crippen molar-refractivity contribution in [3.8, 4) is 0 Å². The van der Waals surface area contributed by atoms with Crippen LogP contribution in [0.25, 0.3) is 0 Å². The zero-order chi connectivity index (χ0) is 14.5. The van der Waals surface area contributed by atoms with Crippen LogP contribution in [0.5, 0.6) is 0 Å². The van der Waals surface area contributed by atoms with E-state index >= 15 is 0 Å². The van der Waals surface area contributed by atoms with Crippen LogP contribution in [0.3, 0.4) is 0 Å². The SMILES string of the molecule is CC(C)NCc1nnnn1Cc1ccc(C(C)C)cc1. The molecule has 20 heavy (non-hydrogen) atoms. The average Bonchev–Trinajstić information content (AvgIpc) is 2.84. The lowest BCUT2D eigenvalue weighted by Gasteiger charge is -2.09. The summed E-state index contributed by atoms with van der Waals surface area (Å²) in [6.07, 6.45) is 0. The second-order valence-corrected chi connectivity index (χ2v) is 5.68. The summed E-state index contributed by atoms with van der Waals surface area (Å²) in [6, 6.07) is 9.07. The van der Waals surface area contributed by atoms with Crippen LogP contribution in [0.1, 0.15) is 50.6 Å². The van der Waals surface area contributed by atoms with Gasteiger partial charge < -0.3 is 5.32 Å². The van der Waals surface area contributed by atoms with Crippen LogP contribution < -0.4 is 5.32 Å². The zero-order valence-corrected chi connectivity index (χ0v) is 12.7. The summed E-state index contributed by atoms with van der Waals surface area (Å²) in [6.45, 7) is 10.0. The van der Waals surface area contributed by atoms with E-state index in [2.05, 4.69) is 72.8 Å². The Balaban J connectivity index is 2.04. The van der Waals surface area contributed by atoms with Gasteiger partial charge in [0.05, 0.1) is 13.1 Å². The lowest BCUT2D eigenvalue weighted by atomic mass is 10.0. The molecule has 0 spiro atoms. The first-order chi connectivity index (χ1) is 9.56. The van der Waals surface area contributed by atoms with E-state index in [1.54, 1.807) is 0 Å². The van der Waals surface area contributed by atoms with E-state index in [1.165, 1.54) is 11.1 Å². The molecule has 5 heteroatoms. The summed E-state index contributed by atoms with van der Waals surface area (Å²) in [5.74, 6) is 1.43. The molecule has 0 aliphatic rings. The molecule has 0 fully saturated rings. The van der Waals surface area contributed by atoms with Crippen LogP contribution in [0.4, 0.5) is 0 Å². The highest BCUT2D eigenvalue weighted by molar-refractivity contribution is 5.24. The van der Waals surface area contributed by atoms with Crippen molar-refractivity contribution in [1.29, 1.82) is 0 Å². The Labute approximate surface area is 120 Å². The van der Waals surface area contributed by atoms with E-state index in [4.69, 9.17) is 0 Å². The number of hydrogen-bond acceptors (Lipinski definition) is 4. The molecule has 1 aromatic heterocycles. The van der Waals surface area contributed by atoms with Gasteiger partial charge in [0, 0.05) is 6.04 Å². The number of hydrogen-bond donors (Lipinski definition) is 1. The van der Waals surface area contributed by atoms with Crippen LogP contribution in [0.2, 0.25) is 0 Å². The van der Waals surface area contributed by atoms with E-state index in [0.717, 1.165) is 5.82 Å². The van der Waals surface area contributed by atoms with E-state index < -0.39 is 0 Å². The normalized spacial score (nSPS) is 11.5. The molecule has 0 aliphatic carbocycles. The fourth-order valence-corrected chi connectivity index (χ4v) is 1.95. The zero-order valence-electron chi connectivity index (χ0n) is 12.7. The molecule has 0 aliphatic heterocycles. The Hall–Kier alpha value is -1.75. The lowest BCUT2D eigenvalue weighted by Crippen LogP contribution is -2.24. The number of nitrogens with zero attached hydrogens (tertiary/aromatic N) is 4. The molecular formula is C15H23N5. The minimum Gasteiger partial charge on any atom is -0.308 e. The Morgan fingerprint density at radius 2 is 1.80 bits per heavy atom. The smallest absolute Gasteiger partial charge is 0.165 e. The first-order valence-corrected chi connectivity index (χ1v) is 7.13. The van der Waals surface area contributed by atoms with Crippen molar-refractivity contribution in [2.24, 2.45) is 0 Å². The van der Waals surface area contributed by atoms with E-state index in [-0.39, 0.29) is 0 Å². The Bertz CT molecular complexity index is 527. The van der Waals surface area contributed by atoms with E-state index in [9.17, 15) is 0 Å². The lowest BCUT2D eigenvalue weighted by molar-refractivity contribution is 0.537. The molecule has 1 heterocycles. The molecule has 5 nitrogen and oxygen atoms in total. The molecular weight excluding hydrogens is 250 g/mol. The van der Waals surface area contributed by atoms with Gasteiger partial charge in [-0.15, -0.1) is 5.10 Å². The molecule has 0 saturated heterocycles. The molecule has 108 valence electrons. The summed E-state index contributed by atoms with van der Waals surface area (Å²) in [5, 5.41) is 15.2. The number of tetrazole rings is 1. The van der Waals surface area contributed by atoms with Crippen LogP contribution in [0.15, 0.2) is 24.3 Å². The predicted octanol–water partition coefficient (Wildman–Crippen LogP) is 2.34. The van der Waals surface area contributed by atoms with Gasteiger partial charge in [0.1, 0.15) is 0 Å². The fraction of sp³-hybridized carbons (Fsp3) is 0.533. The van der Waals surface area contributed by atoms with Gasteiger partial charge >= 0.3 is 0 Å². The van der Waals surface area contributed by atoms with E-state index in [0.29, 0.717) is 25.0 Å². The van der Waals surface area contributed by atoms with Gasteiger partial charge in [0.2, 0.25) is 0 Å². The third-order valence-electron chi connectivity index (χ3n) is 3.25. The Kier molecular flexibility index (Phi) is 4.84. The second-order valence-electron chi connectivity index (χ2n) is 5.68. The quantitative estimate of drug-likeness (QED) is 0.877. The highest BCUT2D eigenvalue weighted by Gasteiger charge is 2.07. The minimum atomic E-state index is 0.422. The van der Waals surface area contributed by atoms with Gasteiger partial charge in [-0.1, -0.05) is 52.0 Å². The van der Waals surface area contributed by atoms with Crippen LogP contribution in [0, 0.1) is 0 Å². The van der Waals surface area contributed by atoms with Crippen molar-refractivity contribution in [2.45, 2.75) is 52.7 Å². The molecule has 0 amide bonds. The molecule has 0 bridgehead atoms.